The topological polar surface area (TPSA) is 46.9 Å². The predicted molar refractivity (Wildman–Crippen MR) is 46.8 cm³/mol. The number of hydrogen-bond acceptors (Lipinski definition) is 4. The van der Waals surface area contributed by atoms with Crippen molar-refractivity contribution in [1.29, 1.82) is 0 Å². The fourth-order valence-electron chi connectivity index (χ4n) is 1.50. The molecular weight excluding hydrogens is 156 g/mol. The van der Waals surface area contributed by atoms with Crippen molar-refractivity contribution >= 4 is 0 Å². The van der Waals surface area contributed by atoms with Gasteiger partial charge in [0.1, 0.15) is 6.23 Å². The molecule has 0 saturated carbocycles. The van der Waals surface area contributed by atoms with Crippen molar-refractivity contribution in [1.82, 2.24) is 9.80 Å². The summed E-state index contributed by atoms with van der Waals surface area (Å²) in [6, 6.07) is 0. The fourth-order valence-corrected chi connectivity index (χ4v) is 1.50. The molecule has 1 fully saturated rings. The number of rotatable bonds is 3. The van der Waals surface area contributed by atoms with E-state index in [2.05, 4.69) is 4.90 Å². The Kier molecular flexibility index (Phi) is 3.94. The molecule has 1 aliphatic heterocycles. The number of piperazine rings is 1. The molecule has 1 rings (SSSR count). The third kappa shape index (κ3) is 2.71. The lowest BCUT2D eigenvalue weighted by atomic mass is 10.3. The largest absolute Gasteiger partial charge is 0.395 e. The highest BCUT2D eigenvalue weighted by Crippen LogP contribution is 2.03. The van der Waals surface area contributed by atoms with Crippen molar-refractivity contribution in [3.8, 4) is 0 Å². The molecule has 1 saturated heterocycles. The minimum Gasteiger partial charge on any atom is -0.395 e. The van der Waals surface area contributed by atoms with Crippen LogP contribution >= 0.6 is 0 Å². The van der Waals surface area contributed by atoms with E-state index < -0.39 is 0 Å². The Labute approximate surface area is 73.4 Å². The molecule has 0 aliphatic carbocycles. The van der Waals surface area contributed by atoms with Crippen molar-refractivity contribution in [2.75, 3.05) is 39.3 Å². The van der Waals surface area contributed by atoms with Gasteiger partial charge in [-0.3, -0.25) is 9.80 Å². The highest BCUT2D eigenvalue weighted by Gasteiger charge is 2.18. The van der Waals surface area contributed by atoms with E-state index in [0.717, 1.165) is 32.7 Å². The van der Waals surface area contributed by atoms with Gasteiger partial charge in [-0.2, -0.15) is 0 Å². The molecule has 0 aromatic heterocycles. The first-order valence-electron chi connectivity index (χ1n) is 4.49. The van der Waals surface area contributed by atoms with Crippen molar-refractivity contribution in [2.24, 2.45) is 0 Å². The second kappa shape index (κ2) is 4.77. The normalized spacial score (nSPS) is 24.2. The summed E-state index contributed by atoms with van der Waals surface area (Å²) in [5, 5.41) is 17.9. The van der Waals surface area contributed by atoms with Gasteiger partial charge in [-0.15, -0.1) is 0 Å². The second-order valence-corrected chi connectivity index (χ2v) is 3.23. The van der Waals surface area contributed by atoms with E-state index in [4.69, 9.17) is 5.11 Å². The Bertz CT molecular complexity index is 122. The fraction of sp³-hybridized carbons (Fsp3) is 1.00. The van der Waals surface area contributed by atoms with E-state index in [9.17, 15) is 5.11 Å². The van der Waals surface area contributed by atoms with Gasteiger partial charge in [-0.05, 0) is 6.92 Å². The molecule has 2 N–H and O–H groups in total. The molecule has 0 aromatic carbocycles. The zero-order valence-corrected chi connectivity index (χ0v) is 7.61. The van der Waals surface area contributed by atoms with E-state index in [-0.39, 0.29) is 12.8 Å². The van der Waals surface area contributed by atoms with Gasteiger partial charge in [0.2, 0.25) is 0 Å². The van der Waals surface area contributed by atoms with Crippen LogP contribution < -0.4 is 0 Å². The van der Waals surface area contributed by atoms with Crippen LogP contribution in [0.1, 0.15) is 6.92 Å². The Morgan fingerprint density at radius 2 is 1.83 bits per heavy atom. The molecule has 0 aromatic rings. The number of aliphatic hydroxyl groups excluding tert-OH is 2. The Morgan fingerprint density at radius 3 is 2.25 bits per heavy atom. The Morgan fingerprint density at radius 1 is 1.25 bits per heavy atom. The van der Waals surface area contributed by atoms with Crippen LogP contribution in [0.15, 0.2) is 0 Å². The summed E-state index contributed by atoms with van der Waals surface area (Å²) < 4.78 is 0. The minimum absolute atomic E-state index is 0.231. The zero-order chi connectivity index (χ0) is 8.97. The highest BCUT2D eigenvalue weighted by atomic mass is 16.3. The van der Waals surface area contributed by atoms with E-state index >= 15 is 0 Å². The van der Waals surface area contributed by atoms with Crippen molar-refractivity contribution in [3.05, 3.63) is 0 Å². The zero-order valence-electron chi connectivity index (χ0n) is 7.61. The average molecular weight is 174 g/mol. The third-order valence-electron chi connectivity index (χ3n) is 2.35. The van der Waals surface area contributed by atoms with Crippen LogP contribution in [0, 0.1) is 0 Å². The lowest BCUT2D eigenvalue weighted by Gasteiger charge is -2.35. The molecule has 1 heterocycles. The highest BCUT2D eigenvalue weighted by molar-refractivity contribution is 4.71. The maximum Gasteiger partial charge on any atom is 0.104 e. The van der Waals surface area contributed by atoms with Gasteiger partial charge in [0.25, 0.3) is 0 Å². The van der Waals surface area contributed by atoms with Crippen LogP contribution in [0.3, 0.4) is 0 Å². The monoisotopic (exact) mass is 174 g/mol. The summed E-state index contributed by atoms with van der Waals surface area (Å²) in [5.74, 6) is 0. The van der Waals surface area contributed by atoms with Crippen LogP contribution in [-0.2, 0) is 0 Å². The van der Waals surface area contributed by atoms with Crippen molar-refractivity contribution in [2.45, 2.75) is 13.2 Å². The molecule has 12 heavy (non-hydrogen) atoms. The molecule has 1 atom stereocenters. The third-order valence-corrected chi connectivity index (χ3v) is 2.35. The maximum atomic E-state index is 9.25. The van der Waals surface area contributed by atoms with Gasteiger partial charge in [0.05, 0.1) is 6.61 Å². The van der Waals surface area contributed by atoms with Crippen molar-refractivity contribution < 1.29 is 10.2 Å². The molecule has 1 unspecified atom stereocenters. The molecule has 0 bridgehead atoms. The molecule has 72 valence electrons. The van der Waals surface area contributed by atoms with Crippen LogP contribution in [-0.4, -0.2) is 65.6 Å². The lowest BCUT2D eigenvalue weighted by Crippen LogP contribution is -2.50. The first-order valence-corrected chi connectivity index (χ1v) is 4.49. The molecule has 0 amide bonds. The van der Waals surface area contributed by atoms with Crippen LogP contribution in [0.2, 0.25) is 0 Å². The average Bonchev–Trinajstić information content (AvgIpc) is 2.06. The quantitative estimate of drug-likeness (QED) is 0.572. The molecule has 4 nitrogen and oxygen atoms in total. The van der Waals surface area contributed by atoms with Gasteiger partial charge >= 0.3 is 0 Å². The summed E-state index contributed by atoms with van der Waals surface area (Å²) in [5.41, 5.74) is 0. The van der Waals surface area contributed by atoms with Crippen LogP contribution in [0.4, 0.5) is 0 Å². The number of nitrogens with zero attached hydrogens (tertiary/aromatic N) is 2. The predicted octanol–water partition coefficient (Wildman–Crippen LogP) is -1.07. The summed E-state index contributed by atoms with van der Waals surface area (Å²) in [6.45, 7) is 6.48. The van der Waals surface area contributed by atoms with E-state index in [0.29, 0.717) is 0 Å². The van der Waals surface area contributed by atoms with Crippen LogP contribution in [0.25, 0.3) is 0 Å². The van der Waals surface area contributed by atoms with Gasteiger partial charge in [0.15, 0.2) is 0 Å². The smallest absolute Gasteiger partial charge is 0.104 e. The van der Waals surface area contributed by atoms with Crippen LogP contribution in [0.5, 0.6) is 0 Å². The maximum absolute atomic E-state index is 9.25. The van der Waals surface area contributed by atoms with E-state index in [1.54, 1.807) is 6.92 Å². The Balaban J connectivity index is 2.20. The SMILES string of the molecule is CC(O)N1CCN(CCO)CC1. The molecule has 0 spiro atoms. The van der Waals surface area contributed by atoms with E-state index in [1.165, 1.54) is 0 Å². The molecule has 0 radical (unpaired) electrons. The molecule has 4 heteroatoms. The summed E-state index contributed by atoms with van der Waals surface area (Å²) in [6.07, 6.45) is -0.332. The first-order chi connectivity index (χ1) is 5.74. The second-order valence-electron chi connectivity index (χ2n) is 3.23. The first kappa shape index (κ1) is 9.92. The summed E-state index contributed by atoms with van der Waals surface area (Å²) in [7, 11) is 0. The number of aliphatic hydroxyl groups is 2. The van der Waals surface area contributed by atoms with Gasteiger partial charge < -0.3 is 10.2 Å². The Hall–Kier alpha value is -0.160. The van der Waals surface area contributed by atoms with E-state index in [1.807, 2.05) is 4.90 Å². The summed E-state index contributed by atoms with van der Waals surface area (Å²) in [4.78, 5) is 4.24. The molecular formula is C8H18N2O2. The standard InChI is InChI=1S/C8H18N2O2/c1-8(12)10-4-2-9(3-5-10)6-7-11/h8,11-12H,2-7H2,1H3. The summed E-state index contributed by atoms with van der Waals surface area (Å²) >= 11 is 0. The van der Waals surface area contributed by atoms with Gasteiger partial charge in [-0.25, -0.2) is 0 Å². The number of β-amino-alcohol motifs (C(OH)–C–C–N with tert-alkyl or cyclic N) is 1. The van der Waals surface area contributed by atoms with Gasteiger partial charge in [0, 0.05) is 32.7 Å². The molecule has 1 aliphatic rings. The number of hydrogen-bond donors (Lipinski definition) is 2. The van der Waals surface area contributed by atoms with Crippen molar-refractivity contribution in [3.63, 3.8) is 0 Å². The lowest BCUT2D eigenvalue weighted by molar-refractivity contribution is -0.0148. The van der Waals surface area contributed by atoms with Gasteiger partial charge in [-0.1, -0.05) is 0 Å². The minimum atomic E-state index is -0.332.